The van der Waals surface area contributed by atoms with Crippen LogP contribution in [0.3, 0.4) is 0 Å². The van der Waals surface area contributed by atoms with Crippen molar-refractivity contribution in [3.8, 4) is 0 Å². The Bertz CT molecular complexity index is 591. The van der Waals surface area contributed by atoms with Crippen LogP contribution in [0.5, 0.6) is 0 Å². The molecule has 0 saturated carbocycles. The minimum absolute atomic E-state index is 0.0193. The van der Waals surface area contributed by atoms with Crippen LogP contribution >= 0.6 is 0 Å². The summed E-state index contributed by atoms with van der Waals surface area (Å²) < 4.78 is 49.6. The molecule has 138 valence electrons. The fourth-order valence-electron chi connectivity index (χ4n) is 2.77. The average molecular weight is 359 g/mol. The lowest BCUT2D eigenvalue weighted by Crippen LogP contribution is -2.55. The summed E-state index contributed by atoms with van der Waals surface area (Å²) in [6.07, 6.45) is -6.00. The molecule has 1 saturated heterocycles. The molecule has 1 aromatic carbocycles. The van der Waals surface area contributed by atoms with Crippen LogP contribution in [-0.4, -0.2) is 42.3 Å². The monoisotopic (exact) mass is 359 g/mol. The minimum atomic E-state index is -4.58. The normalized spacial score (nSPS) is 20.9. The van der Waals surface area contributed by atoms with Gasteiger partial charge in [0.25, 0.3) is 0 Å². The summed E-state index contributed by atoms with van der Waals surface area (Å²) in [7, 11) is 0. The van der Waals surface area contributed by atoms with Gasteiger partial charge in [-0.15, -0.1) is 0 Å². The van der Waals surface area contributed by atoms with Gasteiger partial charge in [-0.3, -0.25) is 9.69 Å². The summed E-state index contributed by atoms with van der Waals surface area (Å²) in [5.74, 6) is -1.37. The van der Waals surface area contributed by atoms with Crippen molar-refractivity contribution >= 4 is 12.1 Å². The van der Waals surface area contributed by atoms with Gasteiger partial charge in [0.05, 0.1) is 12.5 Å². The van der Waals surface area contributed by atoms with E-state index >= 15 is 0 Å². The van der Waals surface area contributed by atoms with Crippen molar-refractivity contribution in [2.24, 2.45) is 5.92 Å². The molecule has 0 aromatic heterocycles. The van der Waals surface area contributed by atoms with Gasteiger partial charge in [-0.05, 0) is 25.3 Å². The van der Waals surface area contributed by atoms with E-state index in [4.69, 9.17) is 9.47 Å². The highest BCUT2D eigenvalue weighted by atomic mass is 19.4. The first-order valence-electron chi connectivity index (χ1n) is 8.03. The lowest BCUT2D eigenvalue weighted by molar-refractivity contribution is -0.192. The van der Waals surface area contributed by atoms with E-state index in [0.29, 0.717) is 10.5 Å². The Balaban J connectivity index is 2.07. The zero-order valence-corrected chi connectivity index (χ0v) is 13.8. The lowest BCUT2D eigenvalue weighted by Gasteiger charge is -2.38. The number of carbonyl (C=O) groups is 2. The van der Waals surface area contributed by atoms with Crippen molar-refractivity contribution in [2.75, 3.05) is 13.2 Å². The zero-order valence-electron chi connectivity index (χ0n) is 13.8. The number of carbonyl (C=O) groups excluding carboxylic acids is 2. The summed E-state index contributed by atoms with van der Waals surface area (Å²) in [4.78, 5) is 24.6. The number of alkyl halides is 3. The molecule has 1 aliphatic rings. The number of hydrogen-bond acceptors (Lipinski definition) is 4. The number of nitrogens with zero attached hydrogens (tertiary/aromatic N) is 1. The van der Waals surface area contributed by atoms with E-state index in [1.54, 1.807) is 37.3 Å². The van der Waals surface area contributed by atoms with Crippen molar-refractivity contribution in [1.82, 2.24) is 4.90 Å². The predicted molar refractivity (Wildman–Crippen MR) is 82.5 cm³/mol. The second-order valence-corrected chi connectivity index (χ2v) is 5.78. The highest BCUT2D eigenvalue weighted by Crippen LogP contribution is 2.34. The molecule has 5 nitrogen and oxygen atoms in total. The lowest BCUT2D eigenvalue weighted by atomic mass is 9.92. The topological polar surface area (TPSA) is 55.8 Å². The molecule has 1 heterocycles. The molecule has 0 spiro atoms. The quantitative estimate of drug-likeness (QED) is 0.772. The van der Waals surface area contributed by atoms with E-state index < -0.39 is 30.2 Å². The Morgan fingerprint density at radius 3 is 2.44 bits per heavy atom. The molecule has 0 radical (unpaired) electrons. The van der Waals surface area contributed by atoms with E-state index in [9.17, 15) is 22.8 Å². The Morgan fingerprint density at radius 2 is 1.84 bits per heavy atom. The van der Waals surface area contributed by atoms with Crippen LogP contribution in [0, 0.1) is 5.92 Å². The van der Waals surface area contributed by atoms with Crippen LogP contribution in [0.2, 0.25) is 0 Å². The molecule has 25 heavy (non-hydrogen) atoms. The van der Waals surface area contributed by atoms with Crippen LogP contribution < -0.4 is 0 Å². The number of rotatable bonds is 4. The number of amides is 1. The number of benzene rings is 1. The number of hydrogen-bond donors (Lipinski definition) is 0. The van der Waals surface area contributed by atoms with Gasteiger partial charge in [-0.1, -0.05) is 30.3 Å². The second-order valence-electron chi connectivity index (χ2n) is 5.78. The van der Waals surface area contributed by atoms with Crippen LogP contribution in [0.25, 0.3) is 0 Å². The Kier molecular flexibility index (Phi) is 6.27. The fraction of sp³-hybridized carbons (Fsp3) is 0.529. The van der Waals surface area contributed by atoms with Crippen molar-refractivity contribution in [3.63, 3.8) is 0 Å². The summed E-state index contributed by atoms with van der Waals surface area (Å²) >= 11 is 0. The van der Waals surface area contributed by atoms with Gasteiger partial charge in [-0.2, -0.15) is 13.2 Å². The molecule has 1 aromatic rings. The third-order valence-corrected chi connectivity index (χ3v) is 4.02. The van der Waals surface area contributed by atoms with E-state index in [0.717, 1.165) is 0 Å². The SMILES string of the molecule is CCOC(=O)C1CCC(C(F)(F)F)N(C(=O)OCc2ccccc2)C1. The van der Waals surface area contributed by atoms with Crippen molar-refractivity contribution in [2.45, 2.75) is 38.6 Å². The van der Waals surface area contributed by atoms with Gasteiger partial charge in [0, 0.05) is 6.54 Å². The standard InChI is InChI=1S/C17H20F3NO4/c1-2-24-15(22)13-8-9-14(17(18,19)20)21(10-13)16(23)25-11-12-6-4-3-5-7-12/h3-7,13-14H,2,8-11H2,1H3. The number of ether oxygens (including phenoxy) is 2. The number of piperidine rings is 1. The average Bonchev–Trinajstić information content (AvgIpc) is 2.59. The first-order chi connectivity index (χ1) is 11.8. The Hall–Kier alpha value is -2.25. The van der Waals surface area contributed by atoms with Crippen LogP contribution in [0.15, 0.2) is 30.3 Å². The van der Waals surface area contributed by atoms with Gasteiger partial charge in [-0.25, -0.2) is 4.79 Å². The van der Waals surface area contributed by atoms with Gasteiger partial charge in [0.1, 0.15) is 12.6 Å². The van der Waals surface area contributed by atoms with E-state index in [-0.39, 0.29) is 32.6 Å². The van der Waals surface area contributed by atoms with Gasteiger partial charge >= 0.3 is 18.2 Å². The molecule has 0 N–H and O–H groups in total. The van der Waals surface area contributed by atoms with Gasteiger partial charge < -0.3 is 9.47 Å². The second kappa shape index (κ2) is 8.22. The largest absolute Gasteiger partial charge is 0.466 e. The van der Waals surface area contributed by atoms with Crippen LogP contribution in [-0.2, 0) is 20.9 Å². The summed E-state index contributed by atoms with van der Waals surface area (Å²) in [6.45, 7) is 1.25. The smallest absolute Gasteiger partial charge is 0.410 e. The maximum atomic E-state index is 13.2. The molecule has 2 rings (SSSR count). The third kappa shape index (κ3) is 5.11. The van der Waals surface area contributed by atoms with Crippen molar-refractivity contribution in [3.05, 3.63) is 35.9 Å². The summed E-state index contributed by atoms with van der Waals surface area (Å²) in [5.41, 5.74) is 0.665. The molecule has 0 bridgehead atoms. The van der Waals surface area contributed by atoms with Crippen molar-refractivity contribution in [1.29, 1.82) is 0 Å². The number of likely N-dealkylation sites (tertiary alicyclic amines) is 1. The van der Waals surface area contributed by atoms with E-state index in [1.807, 2.05) is 0 Å². The maximum Gasteiger partial charge on any atom is 0.410 e. The molecule has 1 fully saturated rings. The molecular weight excluding hydrogens is 339 g/mol. The number of esters is 1. The highest BCUT2D eigenvalue weighted by Gasteiger charge is 2.49. The Labute approximate surface area is 143 Å². The fourth-order valence-corrected chi connectivity index (χ4v) is 2.77. The van der Waals surface area contributed by atoms with Crippen molar-refractivity contribution < 1.29 is 32.2 Å². The van der Waals surface area contributed by atoms with E-state index in [1.165, 1.54) is 0 Å². The number of halogens is 3. The van der Waals surface area contributed by atoms with Gasteiger partial charge in [0.15, 0.2) is 0 Å². The molecule has 8 heteroatoms. The molecule has 2 unspecified atom stereocenters. The molecule has 1 amide bonds. The zero-order chi connectivity index (χ0) is 18.4. The molecule has 1 aliphatic heterocycles. The predicted octanol–water partition coefficient (Wildman–Crippen LogP) is 3.53. The first-order valence-corrected chi connectivity index (χ1v) is 8.03. The molecular formula is C17H20F3NO4. The highest BCUT2D eigenvalue weighted by molar-refractivity contribution is 5.75. The first kappa shape index (κ1) is 19.1. The summed E-state index contributed by atoms with van der Waals surface area (Å²) in [5, 5.41) is 0. The summed E-state index contributed by atoms with van der Waals surface area (Å²) in [6, 6.07) is 6.69. The van der Waals surface area contributed by atoms with Crippen LogP contribution in [0.4, 0.5) is 18.0 Å². The van der Waals surface area contributed by atoms with Gasteiger partial charge in [0.2, 0.25) is 0 Å². The minimum Gasteiger partial charge on any atom is -0.466 e. The maximum absolute atomic E-state index is 13.2. The molecule has 2 atom stereocenters. The van der Waals surface area contributed by atoms with E-state index in [2.05, 4.69) is 0 Å². The third-order valence-electron chi connectivity index (χ3n) is 4.02. The molecule has 0 aliphatic carbocycles. The van der Waals surface area contributed by atoms with Crippen LogP contribution in [0.1, 0.15) is 25.3 Å². The Morgan fingerprint density at radius 1 is 1.16 bits per heavy atom.